The monoisotopic (exact) mass is 311 g/mol. The third-order valence-electron chi connectivity index (χ3n) is 3.12. The highest BCUT2D eigenvalue weighted by atomic mass is 19.1. The molecule has 0 aliphatic rings. The number of carboxylic acid groups (broad SMARTS) is 1. The quantitative estimate of drug-likeness (QED) is 0.652. The fraction of sp³-hybridized carbons (Fsp3) is 0.500. The van der Waals surface area contributed by atoms with E-state index in [1.807, 2.05) is 6.92 Å². The molecular weight excluding hydrogens is 289 g/mol. The number of halogens is 1. The number of carbonyl (C=O) groups excluding carboxylic acids is 1. The second-order valence-electron chi connectivity index (χ2n) is 4.98. The van der Waals surface area contributed by atoms with Crippen LogP contribution in [0.4, 0.5) is 4.39 Å². The lowest BCUT2D eigenvalue weighted by Gasteiger charge is -2.14. The number of amides is 1. The third-order valence-corrected chi connectivity index (χ3v) is 3.12. The Balaban J connectivity index is 2.27. The molecule has 122 valence electrons. The van der Waals surface area contributed by atoms with Crippen LogP contribution >= 0.6 is 0 Å². The van der Waals surface area contributed by atoms with Crippen molar-refractivity contribution in [1.29, 1.82) is 0 Å². The van der Waals surface area contributed by atoms with E-state index < -0.39 is 17.8 Å². The summed E-state index contributed by atoms with van der Waals surface area (Å²) in [6, 6.07) is 5.20. The van der Waals surface area contributed by atoms with Crippen molar-refractivity contribution in [3.63, 3.8) is 0 Å². The maximum atomic E-state index is 13.3. The van der Waals surface area contributed by atoms with Crippen LogP contribution in [0, 0.1) is 5.82 Å². The lowest BCUT2D eigenvalue weighted by molar-refractivity contribution is -0.142. The summed E-state index contributed by atoms with van der Waals surface area (Å²) in [7, 11) is 0. The number of rotatable bonds is 10. The highest BCUT2D eigenvalue weighted by molar-refractivity contribution is 5.83. The molecule has 0 bridgehead atoms. The minimum absolute atomic E-state index is 0.143. The zero-order chi connectivity index (χ0) is 16.4. The summed E-state index contributed by atoms with van der Waals surface area (Å²) < 4.78 is 18.5. The minimum Gasteiger partial charge on any atom is -0.491 e. The molecule has 0 aliphatic carbocycles. The van der Waals surface area contributed by atoms with E-state index in [1.54, 1.807) is 12.1 Å². The number of unbranched alkanes of at least 4 members (excludes halogenated alkanes) is 1. The first kappa shape index (κ1) is 17.9. The van der Waals surface area contributed by atoms with Gasteiger partial charge in [0.1, 0.15) is 6.04 Å². The molecule has 0 aromatic heterocycles. The molecule has 22 heavy (non-hydrogen) atoms. The summed E-state index contributed by atoms with van der Waals surface area (Å²) in [6.07, 6.45) is 2.57. The highest BCUT2D eigenvalue weighted by Gasteiger charge is 2.18. The fourth-order valence-electron chi connectivity index (χ4n) is 1.91. The lowest BCUT2D eigenvalue weighted by Crippen LogP contribution is -2.40. The van der Waals surface area contributed by atoms with Gasteiger partial charge < -0.3 is 15.2 Å². The molecule has 0 heterocycles. The van der Waals surface area contributed by atoms with E-state index in [-0.39, 0.29) is 24.7 Å². The summed E-state index contributed by atoms with van der Waals surface area (Å²) in [4.78, 5) is 22.7. The fourth-order valence-corrected chi connectivity index (χ4v) is 1.91. The van der Waals surface area contributed by atoms with Crippen molar-refractivity contribution in [2.24, 2.45) is 0 Å². The molecule has 1 atom stereocenters. The Hall–Kier alpha value is -2.11. The van der Waals surface area contributed by atoms with Gasteiger partial charge in [-0.3, -0.25) is 4.79 Å². The molecule has 1 aromatic rings. The van der Waals surface area contributed by atoms with Crippen molar-refractivity contribution >= 4 is 11.9 Å². The summed E-state index contributed by atoms with van der Waals surface area (Å²) in [6.45, 7) is 2.15. The Morgan fingerprint density at radius 3 is 2.68 bits per heavy atom. The average molecular weight is 311 g/mol. The molecule has 2 N–H and O–H groups in total. The molecule has 0 fully saturated rings. The number of carbonyl (C=O) groups is 2. The first-order chi connectivity index (χ1) is 10.5. The summed E-state index contributed by atoms with van der Waals surface area (Å²) in [5, 5.41) is 11.5. The summed E-state index contributed by atoms with van der Waals surface area (Å²) >= 11 is 0. The molecule has 0 saturated heterocycles. The van der Waals surface area contributed by atoms with Crippen LogP contribution in [0.2, 0.25) is 0 Å². The second-order valence-corrected chi connectivity index (χ2v) is 4.98. The number of para-hydroxylation sites is 1. The van der Waals surface area contributed by atoms with E-state index in [1.165, 1.54) is 12.1 Å². The number of hydrogen-bond acceptors (Lipinski definition) is 3. The Kier molecular flexibility index (Phi) is 7.96. The van der Waals surface area contributed by atoms with Crippen LogP contribution in [0.1, 0.15) is 39.0 Å². The maximum Gasteiger partial charge on any atom is 0.326 e. The summed E-state index contributed by atoms with van der Waals surface area (Å²) in [5.74, 6) is -1.66. The predicted molar refractivity (Wildman–Crippen MR) is 80.2 cm³/mol. The number of ether oxygens (including phenoxy) is 1. The van der Waals surface area contributed by atoms with Crippen LogP contribution in [-0.4, -0.2) is 29.6 Å². The van der Waals surface area contributed by atoms with Crippen molar-refractivity contribution < 1.29 is 23.8 Å². The van der Waals surface area contributed by atoms with Crippen LogP contribution in [0.5, 0.6) is 5.75 Å². The first-order valence-electron chi connectivity index (χ1n) is 7.44. The molecule has 6 heteroatoms. The smallest absolute Gasteiger partial charge is 0.326 e. The minimum atomic E-state index is -1.02. The van der Waals surface area contributed by atoms with E-state index in [2.05, 4.69) is 5.32 Å². The molecule has 0 saturated carbocycles. The number of benzene rings is 1. The zero-order valence-corrected chi connectivity index (χ0v) is 12.7. The van der Waals surface area contributed by atoms with Gasteiger partial charge in [0, 0.05) is 6.42 Å². The van der Waals surface area contributed by atoms with Gasteiger partial charge in [-0.1, -0.05) is 31.9 Å². The molecule has 0 radical (unpaired) electrons. The Morgan fingerprint density at radius 1 is 1.32 bits per heavy atom. The lowest BCUT2D eigenvalue weighted by atomic mass is 10.1. The normalized spacial score (nSPS) is 11.7. The number of carboxylic acids is 1. The van der Waals surface area contributed by atoms with Crippen LogP contribution in [0.3, 0.4) is 0 Å². The Bertz CT molecular complexity index is 493. The van der Waals surface area contributed by atoms with Crippen LogP contribution in [0.25, 0.3) is 0 Å². The van der Waals surface area contributed by atoms with Gasteiger partial charge in [0.15, 0.2) is 11.6 Å². The molecule has 1 amide bonds. The Labute approximate surface area is 129 Å². The largest absolute Gasteiger partial charge is 0.491 e. The van der Waals surface area contributed by atoms with E-state index >= 15 is 0 Å². The Morgan fingerprint density at radius 2 is 2.05 bits per heavy atom. The van der Waals surface area contributed by atoms with Crippen LogP contribution in [-0.2, 0) is 9.59 Å². The molecular formula is C16H22FNO4. The van der Waals surface area contributed by atoms with E-state index in [4.69, 9.17) is 9.84 Å². The predicted octanol–water partition coefficient (Wildman–Crippen LogP) is 2.74. The molecule has 0 spiro atoms. The number of aliphatic carboxylic acids is 1. The van der Waals surface area contributed by atoms with Gasteiger partial charge >= 0.3 is 5.97 Å². The number of hydrogen-bond donors (Lipinski definition) is 2. The average Bonchev–Trinajstić information content (AvgIpc) is 2.49. The van der Waals surface area contributed by atoms with Gasteiger partial charge in [-0.25, -0.2) is 9.18 Å². The summed E-state index contributed by atoms with van der Waals surface area (Å²) in [5.41, 5.74) is 0. The van der Waals surface area contributed by atoms with Crippen molar-refractivity contribution in [3.8, 4) is 5.75 Å². The standard InChI is InChI=1S/C16H22FNO4/c1-2-3-8-13(16(20)21)18-15(19)10-6-11-22-14-9-5-4-7-12(14)17/h4-5,7,9,13H,2-3,6,8,10-11H2,1H3,(H,18,19)(H,20,21). The maximum absolute atomic E-state index is 13.3. The van der Waals surface area contributed by atoms with Gasteiger partial charge in [-0.15, -0.1) is 0 Å². The molecule has 0 aliphatic heterocycles. The zero-order valence-electron chi connectivity index (χ0n) is 12.7. The van der Waals surface area contributed by atoms with E-state index in [0.29, 0.717) is 12.8 Å². The van der Waals surface area contributed by atoms with Crippen LogP contribution in [0.15, 0.2) is 24.3 Å². The van der Waals surface area contributed by atoms with Gasteiger partial charge in [0.05, 0.1) is 6.61 Å². The highest BCUT2D eigenvalue weighted by Crippen LogP contribution is 2.15. The van der Waals surface area contributed by atoms with Crippen molar-refractivity contribution in [2.75, 3.05) is 6.61 Å². The third kappa shape index (κ3) is 6.56. The second kappa shape index (κ2) is 9.76. The van der Waals surface area contributed by atoms with Crippen molar-refractivity contribution in [3.05, 3.63) is 30.1 Å². The molecule has 1 rings (SSSR count). The topological polar surface area (TPSA) is 75.6 Å². The van der Waals surface area contributed by atoms with Gasteiger partial charge in [0.25, 0.3) is 0 Å². The van der Waals surface area contributed by atoms with E-state index in [0.717, 1.165) is 12.8 Å². The van der Waals surface area contributed by atoms with Gasteiger partial charge in [-0.2, -0.15) is 0 Å². The SMILES string of the molecule is CCCCC(NC(=O)CCCOc1ccccc1F)C(=O)O. The molecule has 1 unspecified atom stereocenters. The van der Waals surface area contributed by atoms with Crippen LogP contribution < -0.4 is 10.1 Å². The van der Waals surface area contributed by atoms with E-state index in [9.17, 15) is 14.0 Å². The van der Waals surface area contributed by atoms with Gasteiger partial charge in [-0.05, 0) is 25.0 Å². The van der Waals surface area contributed by atoms with Crippen molar-refractivity contribution in [1.82, 2.24) is 5.32 Å². The van der Waals surface area contributed by atoms with Crippen molar-refractivity contribution in [2.45, 2.75) is 45.1 Å². The number of nitrogens with one attached hydrogen (secondary N) is 1. The first-order valence-corrected chi connectivity index (χ1v) is 7.44. The molecule has 5 nitrogen and oxygen atoms in total. The molecule has 1 aromatic carbocycles. The van der Waals surface area contributed by atoms with Gasteiger partial charge in [0.2, 0.25) is 5.91 Å².